The Morgan fingerprint density at radius 3 is 2.50 bits per heavy atom. The molecule has 1 saturated carbocycles. The van der Waals surface area contributed by atoms with Gasteiger partial charge in [0.15, 0.2) is 0 Å². The second-order valence-electron chi connectivity index (χ2n) is 6.55. The molecule has 1 fully saturated rings. The zero-order chi connectivity index (χ0) is 11.9. The van der Waals surface area contributed by atoms with Crippen LogP contribution < -0.4 is 0 Å². The third-order valence-corrected chi connectivity index (χ3v) is 4.96. The first-order chi connectivity index (χ1) is 7.39. The lowest BCUT2D eigenvalue weighted by atomic mass is 9.79. The summed E-state index contributed by atoms with van der Waals surface area (Å²) in [6.07, 6.45) is 6.25. The monoisotopic (exact) mass is 222 g/mol. The van der Waals surface area contributed by atoms with Gasteiger partial charge in [-0.05, 0) is 70.6 Å². The van der Waals surface area contributed by atoms with Crippen molar-refractivity contribution in [1.82, 2.24) is 0 Å². The van der Waals surface area contributed by atoms with Crippen LogP contribution in [0.3, 0.4) is 0 Å². The normalized spacial score (nSPS) is 36.2. The van der Waals surface area contributed by atoms with Crippen LogP contribution in [0.2, 0.25) is 0 Å². The fourth-order valence-corrected chi connectivity index (χ4v) is 3.63. The second kappa shape index (κ2) is 4.18. The molecule has 2 aliphatic rings. The van der Waals surface area contributed by atoms with Crippen molar-refractivity contribution in [3.05, 3.63) is 11.1 Å². The van der Waals surface area contributed by atoms with E-state index in [9.17, 15) is 5.11 Å². The summed E-state index contributed by atoms with van der Waals surface area (Å²) in [7, 11) is 0. The van der Waals surface area contributed by atoms with E-state index >= 15 is 0 Å². The Balaban J connectivity index is 2.21. The first kappa shape index (κ1) is 12.2. The Hall–Kier alpha value is -0.300. The zero-order valence-electron chi connectivity index (χ0n) is 11.2. The molecule has 0 amide bonds. The molecule has 16 heavy (non-hydrogen) atoms. The minimum Gasteiger partial charge on any atom is -0.390 e. The maximum absolute atomic E-state index is 10.2. The molecule has 0 aromatic rings. The summed E-state index contributed by atoms with van der Waals surface area (Å²) in [5, 5.41) is 10.2. The number of aliphatic hydroxyl groups is 1. The average molecular weight is 222 g/mol. The Morgan fingerprint density at radius 2 is 1.88 bits per heavy atom. The molecule has 0 saturated heterocycles. The van der Waals surface area contributed by atoms with Gasteiger partial charge in [-0.2, -0.15) is 0 Å². The zero-order valence-corrected chi connectivity index (χ0v) is 11.2. The quantitative estimate of drug-likeness (QED) is 0.667. The van der Waals surface area contributed by atoms with E-state index in [4.69, 9.17) is 0 Å². The van der Waals surface area contributed by atoms with Crippen LogP contribution in [0.25, 0.3) is 0 Å². The third-order valence-electron chi connectivity index (χ3n) is 4.96. The topological polar surface area (TPSA) is 20.2 Å². The van der Waals surface area contributed by atoms with E-state index in [0.717, 1.165) is 11.8 Å². The van der Waals surface area contributed by atoms with Gasteiger partial charge < -0.3 is 5.11 Å². The smallest absolute Gasteiger partial charge is 0.0620 e. The number of fused-ring (bicyclic) bond motifs is 1. The summed E-state index contributed by atoms with van der Waals surface area (Å²) in [6.45, 7) is 8.67. The molecule has 92 valence electrons. The lowest BCUT2D eigenvalue weighted by Gasteiger charge is -2.31. The molecule has 0 unspecified atom stereocenters. The van der Waals surface area contributed by atoms with E-state index in [1.807, 2.05) is 13.8 Å². The minimum atomic E-state index is -0.502. The van der Waals surface area contributed by atoms with Gasteiger partial charge in [0.2, 0.25) is 0 Å². The van der Waals surface area contributed by atoms with E-state index in [2.05, 4.69) is 13.8 Å². The molecule has 0 bridgehead atoms. The molecule has 2 rings (SSSR count). The van der Waals surface area contributed by atoms with Crippen molar-refractivity contribution < 1.29 is 5.11 Å². The van der Waals surface area contributed by atoms with Gasteiger partial charge in [-0.1, -0.05) is 18.1 Å². The van der Waals surface area contributed by atoms with Crippen LogP contribution in [0.5, 0.6) is 0 Å². The summed E-state index contributed by atoms with van der Waals surface area (Å²) in [5.74, 6) is 2.07. The van der Waals surface area contributed by atoms with Crippen LogP contribution in [0, 0.1) is 17.8 Å². The van der Waals surface area contributed by atoms with Crippen molar-refractivity contribution in [3.63, 3.8) is 0 Å². The highest BCUT2D eigenvalue weighted by Gasteiger charge is 2.37. The molecular weight excluding hydrogens is 196 g/mol. The van der Waals surface area contributed by atoms with E-state index in [-0.39, 0.29) is 0 Å². The maximum Gasteiger partial charge on any atom is 0.0620 e. The number of hydrogen-bond donors (Lipinski definition) is 1. The number of allylic oxidation sites excluding steroid dienone is 2. The fraction of sp³-hybridized carbons (Fsp3) is 0.867. The lowest BCUT2D eigenvalue weighted by Crippen LogP contribution is -2.32. The SMILES string of the molecule is CC1=C2CC[C@@H](C)[C@H]2C[C@@H](C(C)(C)O)CC1. The molecule has 1 nitrogen and oxygen atoms in total. The van der Waals surface area contributed by atoms with Gasteiger partial charge in [-0.25, -0.2) is 0 Å². The van der Waals surface area contributed by atoms with Crippen LogP contribution in [0.4, 0.5) is 0 Å². The molecule has 0 radical (unpaired) electrons. The van der Waals surface area contributed by atoms with Crippen molar-refractivity contribution in [3.8, 4) is 0 Å². The first-order valence-corrected chi connectivity index (χ1v) is 6.80. The summed E-state index contributed by atoms with van der Waals surface area (Å²) >= 11 is 0. The Bertz CT molecular complexity index is 295. The highest BCUT2D eigenvalue weighted by molar-refractivity contribution is 5.22. The van der Waals surface area contributed by atoms with Crippen molar-refractivity contribution in [2.75, 3.05) is 0 Å². The molecule has 1 N–H and O–H groups in total. The van der Waals surface area contributed by atoms with Crippen LogP contribution in [0.1, 0.15) is 59.8 Å². The molecule has 0 aromatic heterocycles. The van der Waals surface area contributed by atoms with Crippen molar-refractivity contribution >= 4 is 0 Å². The summed E-state index contributed by atoms with van der Waals surface area (Å²) < 4.78 is 0. The van der Waals surface area contributed by atoms with Gasteiger partial charge in [0.25, 0.3) is 0 Å². The molecule has 2 aliphatic carbocycles. The van der Waals surface area contributed by atoms with Gasteiger partial charge in [-0.3, -0.25) is 0 Å². The second-order valence-corrected chi connectivity index (χ2v) is 6.55. The molecule has 0 aliphatic heterocycles. The van der Waals surface area contributed by atoms with E-state index in [1.165, 1.54) is 32.1 Å². The predicted molar refractivity (Wildman–Crippen MR) is 68.2 cm³/mol. The fourth-order valence-electron chi connectivity index (χ4n) is 3.63. The standard InChI is InChI=1S/C15H26O/c1-10-5-7-12(15(3,4)16)9-14-11(2)6-8-13(10)14/h11-12,14,16H,5-9H2,1-4H3/t11-,12+,14-/m1/s1. The molecular formula is C15H26O. The molecule has 0 spiro atoms. The summed E-state index contributed by atoms with van der Waals surface area (Å²) in [5.41, 5.74) is 2.86. The lowest BCUT2D eigenvalue weighted by molar-refractivity contribution is 0.00398. The van der Waals surface area contributed by atoms with E-state index in [1.54, 1.807) is 11.1 Å². The highest BCUT2D eigenvalue weighted by Crippen LogP contribution is 2.47. The Labute approximate surface area is 99.9 Å². The predicted octanol–water partition coefficient (Wildman–Crippen LogP) is 3.92. The van der Waals surface area contributed by atoms with E-state index < -0.39 is 5.60 Å². The molecule has 0 heterocycles. The van der Waals surface area contributed by atoms with Gasteiger partial charge in [-0.15, -0.1) is 0 Å². The summed E-state index contributed by atoms with van der Waals surface area (Å²) in [4.78, 5) is 0. The average Bonchev–Trinajstić information content (AvgIpc) is 2.42. The number of hydrogen-bond acceptors (Lipinski definition) is 1. The highest BCUT2D eigenvalue weighted by atomic mass is 16.3. The van der Waals surface area contributed by atoms with Gasteiger partial charge in [0.05, 0.1) is 5.60 Å². The van der Waals surface area contributed by atoms with Crippen LogP contribution >= 0.6 is 0 Å². The van der Waals surface area contributed by atoms with Crippen LogP contribution in [-0.2, 0) is 0 Å². The van der Waals surface area contributed by atoms with Crippen molar-refractivity contribution in [1.29, 1.82) is 0 Å². The Kier molecular flexibility index (Phi) is 3.18. The van der Waals surface area contributed by atoms with E-state index in [0.29, 0.717) is 5.92 Å². The first-order valence-electron chi connectivity index (χ1n) is 6.80. The van der Waals surface area contributed by atoms with Gasteiger partial charge in [0, 0.05) is 0 Å². The molecule has 0 aromatic carbocycles. The Morgan fingerprint density at radius 1 is 1.19 bits per heavy atom. The van der Waals surface area contributed by atoms with Gasteiger partial charge >= 0.3 is 0 Å². The maximum atomic E-state index is 10.2. The largest absolute Gasteiger partial charge is 0.390 e. The third kappa shape index (κ3) is 2.20. The molecule has 1 heteroatoms. The molecule has 3 atom stereocenters. The van der Waals surface area contributed by atoms with Crippen LogP contribution in [0.15, 0.2) is 11.1 Å². The van der Waals surface area contributed by atoms with Crippen LogP contribution in [-0.4, -0.2) is 10.7 Å². The number of rotatable bonds is 1. The summed E-state index contributed by atoms with van der Waals surface area (Å²) in [6, 6.07) is 0. The minimum absolute atomic E-state index is 0.477. The van der Waals surface area contributed by atoms with Crippen molar-refractivity contribution in [2.45, 2.75) is 65.4 Å². The van der Waals surface area contributed by atoms with Crippen molar-refractivity contribution in [2.24, 2.45) is 17.8 Å². The van der Waals surface area contributed by atoms with Gasteiger partial charge in [0.1, 0.15) is 0 Å².